The number of aliphatic hydroxyl groups is 2. The zero-order valence-corrected chi connectivity index (χ0v) is 17.1. The van der Waals surface area contributed by atoms with Gasteiger partial charge in [0.15, 0.2) is 22.8 Å². The number of hydrogen-bond donors (Lipinski definition) is 5. The lowest BCUT2D eigenvalue weighted by Gasteiger charge is -2.17. The molecule has 0 aliphatic carbocycles. The minimum absolute atomic E-state index is 0.194. The Labute approximate surface area is 173 Å². The molecule has 3 rings (SSSR count). The second kappa shape index (κ2) is 9.32. The van der Waals surface area contributed by atoms with Crippen molar-refractivity contribution in [1.29, 1.82) is 0 Å². The minimum atomic E-state index is -1.18. The summed E-state index contributed by atoms with van der Waals surface area (Å²) in [7, 11) is 1.68. The van der Waals surface area contributed by atoms with Crippen molar-refractivity contribution in [2.45, 2.75) is 50.7 Å². The first-order valence-electron chi connectivity index (χ1n) is 9.42. The highest BCUT2D eigenvalue weighted by atomic mass is 32.1. The molecular formula is C18H25N7O3S. The summed E-state index contributed by atoms with van der Waals surface area (Å²) in [5, 5.41) is 27.0. The number of hydrogen-bond acceptors (Lipinski definition) is 8. The number of fused-ring (bicyclic) bond motifs is 1. The van der Waals surface area contributed by atoms with E-state index in [-0.39, 0.29) is 18.2 Å². The quantitative estimate of drug-likeness (QED) is 0.248. The van der Waals surface area contributed by atoms with Crippen molar-refractivity contribution in [3.63, 3.8) is 0 Å². The van der Waals surface area contributed by atoms with Crippen LogP contribution in [0.15, 0.2) is 6.33 Å². The van der Waals surface area contributed by atoms with Crippen LogP contribution in [0.2, 0.25) is 0 Å². The van der Waals surface area contributed by atoms with E-state index in [0.717, 1.165) is 19.3 Å². The van der Waals surface area contributed by atoms with Gasteiger partial charge in [-0.05, 0) is 24.6 Å². The number of thiocarbonyl (C=S) groups is 1. The summed E-state index contributed by atoms with van der Waals surface area (Å²) in [6.07, 6.45) is 0.392. The van der Waals surface area contributed by atoms with E-state index in [0.29, 0.717) is 16.3 Å². The van der Waals surface area contributed by atoms with Gasteiger partial charge in [-0.25, -0.2) is 15.0 Å². The number of nitrogens with zero attached hydrogens (tertiary/aromatic N) is 4. The van der Waals surface area contributed by atoms with Crippen LogP contribution in [0, 0.1) is 11.8 Å². The molecule has 0 amide bonds. The highest BCUT2D eigenvalue weighted by molar-refractivity contribution is 7.80. The third kappa shape index (κ3) is 4.56. The number of ether oxygens (including phenoxy) is 1. The fraction of sp³-hybridized carbons (Fsp3) is 0.556. The van der Waals surface area contributed by atoms with E-state index in [4.69, 9.17) is 22.7 Å². The standard InChI is InChI=1S/C18H25N7O3S/c1-3-4-5-6-7-11-23-15(19)12-16(24-11)25(9-22-12)17-14(27)13(26)10(28-17)8-21-18(29)20-2/h9-10,13-14,17,26-27H,3-5,8H2,1-2H3,(H2,19,23,24)(H2,20,21,29)/t10-,13-,14-,17-/m1/s1. The van der Waals surface area contributed by atoms with E-state index in [9.17, 15) is 10.2 Å². The van der Waals surface area contributed by atoms with Crippen LogP contribution in [0.1, 0.15) is 38.2 Å². The lowest BCUT2D eigenvalue weighted by Crippen LogP contribution is -2.42. The summed E-state index contributed by atoms with van der Waals surface area (Å²) < 4.78 is 7.40. The minimum Gasteiger partial charge on any atom is -0.387 e. The van der Waals surface area contributed by atoms with Gasteiger partial charge in [0.1, 0.15) is 23.8 Å². The average Bonchev–Trinajstić information content (AvgIpc) is 3.25. The molecule has 0 aromatic carbocycles. The van der Waals surface area contributed by atoms with Crippen LogP contribution in [-0.4, -0.2) is 66.7 Å². The molecule has 2 aromatic heterocycles. The molecule has 0 unspecified atom stereocenters. The highest BCUT2D eigenvalue weighted by Gasteiger charge is 2.44. The molecular weight excluding hydrogens is 394 g/mol. The SMILES string of the molecule is CCCCC#Cc1nc(N)c2ncn([C@@H]3O[C@H](CNC(=S)NC)[C@@H](O)[C@H]3O)c2n1. The Bertz CT molecular complexity index is 939. The van der Waals surface area contributed by atoms with E-state index in [1.165, 1.54) is 10.9 Å². The van der Waals surface area contributed by atoms with Gasteiger partial charge < -0.3 is 31.3 Å². The molecule has 1 aliphatic heterocycles. The van der Waals surface area contributed by atoms with Crippen molar-refractivity contribution in [3.05, 3.63) is 12.2 Å². The normalized spacial score (nSPS) is 23.6. The van der Waals surface area contributed by atoms with E-state index in [1.54, 1.807) is 7.05 Å². The molecule has 0 saturated carbocycles. The van der Waals surface area contributed by atoms with Crippen LogP contribution < -0.4 is 16.4 Å². The molecule has 1 aliphatic rings. The summed E-state index contributed by atoms with van der Waals surface area (Å²) >= 11 is 5.03. The van der Waals surface area contributed by atoms with Crippen molar-refractivity contribution >= 4 is 34.3 Å². The van der Waals surface area contributed by atoms with Gasteiger partial charge in [-0.1, -0.05) is 19.3 Å². The topological polar surface area (TPSA) is 143 Å². The Hall–Kier alpha value is -2.52. The van der Waals surface area contributed by atoms with Gasteiger partial charge >= 0.3 is 0 Å². The number of aromatic nitrogens is 4. The van der Waals surface area contributed by atoms with E-state index in [1.807, 2.05) is 0 Å². The molecule has 156 valence electrons. The Balaban J connectivity index is 1.85. The second-order valence-corrected chi connectivity index (χ2v) is 7.08. The smallest absolute Gasteiger partial charge is 0.208 e. The molecule has 1 fully saturated rings. The largest absolute Gasteiger partial charge is 0.387 e. The molecule has 6 N–H and O–H groups in total. The Morgan fingerprint density at radius 2 is 2.17 bits per heavy atom. The number of nitrogens with one attached hydrogen (secondary N) is 2. The summed E-state index contributed by atoms with van der Waals surface area (Å²) in [4.78, 5) is 12.8. The number of nitrogens with two attached hydrogens (primary N) is 1. The van der Waals surface area contributed by atoms with Gasteiger partial charge in [-0.2, -0.15) is 0 Å². The van der Waals surface area contributed by atoms with Crippen molar-refractivity contribution in [2.75, 3.05) is 19.3 Å². The van der Waals surface area contributed by atoms with Gasteiger partial charge in [-0.15, -0.1) is 0 Å². The highest BCUT2D eigenvalue weighted by Crippen LogP contribution is 2.31. The number of rotatable bonds is 5. The fourth-order valence-corrected chi connectivity index (χ4v) is 3.08. The zero-order chi connectivity index (χ0) is 21.0. The summed E-state index contributed by atoms with van der Waals surface area (Å²) in [6.45, 7) is 2.32. The third-order valence-corrected chi connectivity index (χ3v) is 4.95. The molecule has 3 heterocycles. The predicted molar refractivity (Wildman–Crippen MR) is 112 cm³/mol. The van der Waals surface area contributed by atoms with Crippen molar-refractivity contribution in [2.24, 2.45) is 0 Å². The molecule has 4 atom stereocenters. The van der Waals surface area contributed by atoms with Crippen LogP contribution in [0.3, 0.4) is 0 Å². The zero-order valence-electron chi connectivity index (χ0n) is 16.3. The lowest BCUT2D eigenvalue weighted by molar-refractivity contribution is -0.0332. The first kappa shape index (κ1) is 21.2. The van der Waals surface area contributed by atoms with Crippen LogP contribution in [-0.2, 0) is 4.74 Å². The number of imidazole rings is 1. The lowest BCUT2D eigenvalue weighted by atomic mass is 10.1. The van der Waals surface area contributed by atoms with E-state index >= 15 is 0 Å². The van der Waals surface area contributed by atoms with Gasteiger partial charge in [0.05, 0.1) is 6.33 Å². The molecule has 29 heavy (non-hydrogen) atoms. The molecule has 1 saturated heterocycles. The Kier molecular flexibility index (Phi) is 6.81. The molecule has 10 nitrogen and oxygen atoms in total. The summed E-state index contributed by atoms with van der Waals surface area (Å²) in [5.74, 6) is 6.40. The maximum atomic E-state index is 10.5. The first-order chi connectivity index (χ1) is 14.0. The monoisotopic (exact) mass is 419 g/mol. The van der Waals surface area contributed by atoms with Crippen LogP contribution >= 0.6 is 12.2 Å². The van der Waals surface area contributed by atoms with Crippen LogP contribution in [0.25, 0.3) is 11.2 Å². The van der Waals surface area contributed by atoms with Gasteiger partial charge in [-0.3, -0.25) is 4.57 Å². The third-order valence-electron chi connectivity index (χ3n) is 4.61. The molecule has 11 heteroatoms. The van der Waals surface area contributed by atoms with Gasteiger partial charge in [0, 0.05) is 20.0 Å². The summed E-state index contributed by atoms with van der Waals surface area (Å²) in [5.41, 5.74) is 6.77. The van der Waals surface area contributed by atoms with E-state index < -0.39 is 24.5 Å². The maximum Gasteiger partial charge on any atom is 0.208 e. The van der Waals surface area contributed by atoms with Gasteiger partial charge in [0.2, 0.25) is 5.82 Å². The van der Waals surface area contributed by atoms with Crippen molar-refractivity contribution in [1.82, 2.24) is 30.2 Å². The predicted octanol–water partition coefficient (Wildman–Crippen LogP) is -0.337. The van der Waals surface area contributed by atoms with Crippen molar-refractivity contribution in [3.8, 4) is 11.8 Å². The van der Waals surface area contributed by atoms with Crippen molar-refractivity contribution < 1.29 is 14.9 Å². The Morgan fingerprint density at radius 3 is 2.90 bits per heavy atom. The molecule has 2 aromatic rings. The van der Waals surface area contributed by atoms with Crippen LogP contribution in [0.5, 0.6) is 0 Å². The van der Waals surface area contributed by atoms with Crippen LogP contribution in [0.4, 0.5) is 5.82 Å². The van der Waals surface area contributed by atoms with E-state index in [2.05, 4.69) is 44.4 Å². The molecule has 0 spiro atoms. The molecule has 0 radical (unpaired) electrons. The first-order valence-corrected chi connectivity index (χ1v) is 9.83. The fourth-order valence-electron chi connectivity index (χ4n) is 3.00. The maximum absolute atomic E-state index is 10.5. The number of anilines is 1. The van der Waals surface area contributed by atoms with Gasteiger partial charge in [0.25, 0.3) is 0 Å². The molecule has 0 bridgehead atoms. The second-order valence-electron chi connectivity index (χ2n) is 6.67. The number of nitrogen functional groups attached to an aromatic ring is 1. The number of unbranched alkanes of at least 4 members (excludes halogenated alkanes) is 2. The summed E-state index contributed by atoms with van der Waals surface area (Å²) in [6, 6.07) is 0. The Morgan fingerprint density at radius 1 is 1.38 bits per heavy atom. The number of aliphatic hydroxyl groups excluding tert-OH is 2. The average molecular weight is 420 g/mol.